The zero-order valence-corrected chi connectivity index (χ0v) is 18.4. The minimum absolute atomic E-state index is 0.283. The van der Waals surface area contributed by atoms with Crippen molar-refractivity contribution in [1.82, 2.24) is 4.90 Å². The number of hydrogen-bond donors (Lipinski definition) is 1. The molecule has 32 heavy (non-hydrogen) atoms. The number of fused-ring (bicyclic) bond motifs is 5. The molecule has 1 saturated heterocycles. The minimum atomic E-state index is -0.995. The number of amides is 1. The van der Waals surface area contributed by atoms with Crippen molar-refractivity contribution in [1.29, 1.82) is 0 Å². The van der Waals surface area contributed by atoms with Gasteiger partial charge in [0.2, 0.25) is 0 Å². The molecule has 8 nitrogen and oxygen atoms in total. The maximum atomic E-state index is 12.8. The highest BCUT2D eigenvalue weighted by Gasteiger charge is 2.35. The van der Waals surface area contributed by atoms with E-state index < -0.39 is 12.0 Å². The number of benzene rings is 1. The van der Waals surface area contributed by atoms with Gasteiger partial charge in [0.1, 0.15) is 28.7 Å². The van der Waals surface area contributed by atoms with Crippen molar-refractivity contribution >= 4 is 22.8 Å². The van der Waals surface area contributed by atoms with Gasteiger partial charge in [-0.25, -0.2) is 9.59 Å². The van der Waals surface area contributed by atoms with Gasteiger partial charge in [-0.1, -0.05) is 0 Å². The van der Waals surface area contributed by atoms with Crippen molar-refractivity contribution in [2.75, 3.05) is 13.2 Å². The molecule has 2 aromatic rings. The van der Waals surface area contributed by atoms with E-state index in [-0.39, 0.29) is 23.7 Å². The molecule has 1 aromatic heterocycles. The van der Waals surface area contributed by atoms with E-state index in [1.807, 2.05) is 13.8 Å². The Morgan fingerprint density at radius 1 is 1.19 bits per heavy atom. The predicted octanol–water partition coefficient (Wildman–Crippen LogP) is 2.84. The first-order chi connectivity index (χ1) is 15.2. The molecule has 0 radical (unpaired) electrons. The van der Waals surface area contributed by atoms with E-state index in [1.165, 1.54) is 4.90 Å². The lowest BCUT2D eigenvalue weighted by molar-refractivity contribution is -0.148. The summed E-state index contributed by atoms with van der Waals surface area (Å²) in [4.78, 5) is 38.2. The molecule has 1 aromatic carbocycles. The summed E-state index contributed by atoms with van der Waals surface area (Å²) in [5.74, 6) is -0.319. The summed E-state index contributed by atoms with van der Waals surface area (Å²) in [6.07, 6.45) is 4.90. The summed E-state index contributed by atoms with van der Waals surface area (Å²) in [5, 5.41) is 10.1. The monoisotopic (exact) mass is 441 g/mol. The van der Waals surface area contributed by atoms with Crippen LogP contribution in [0.1, 0.15) is 56.2 Å². The van der Waals surface area contributed by atoms with Crippen LogP contribution in [0.25, 0.3) is 11.0 Å². The first-order valence-electron chi connectivity index (χ1n) is 11.2. The highest BCUT2D eigenvalue weighted by atomic mass is 16.5. The molecule has 0 bridgehead atoms. The highest BCUT2D eigenvalue weighted by molar-refractivity contribution is 5.93. The lowest BCUT2D eigenvalue weighted by Gasteiger charge is -2.33. The molecule has 1 aliphatic carbocycles. The van der Waals surface area contributed by atoms with Crippen molar-refractivity contribution < 1.29 is 28.6 Å². The number of carbonyl (C=O) groups is 2. The Labute approximate surface area is 185 Å². The first kappa shape index (κ1) is 20.8. The van der Waals surface area contributed by atoms with Gasteiger partial charge in [0, 0.05) is 23.7 Å². The Morgan fingerprint density at radius 3 is 2.75 bits per heavy atom. The van der Waals surface area contributed by atoms with E-state index in [1.54, 1.807) is 6.07 Å². The normalized spacial score (nSPS) is 21.2. The van der Waals surface area contributed by atoms with E-state index in [4.69, 9.17) is 13.9 Å². The maximum Gasteiger partial charge on any atom is 0.339 e. The summed E-state index contributed by atoms with van der Waals surface area (Å²) in [5.41, 5.74) is 2.26. The van der Waals surface area contributed by atoms with Crippen LogP contribution >= 0.6 is 0 Å². The molecule has 1 atom stereocenters. The molecule has 0 saturated carbocycles. The molecule has 170 valence electrons. The molecule has 3 heterocycles. The summed E-state index contributed by atoms with van der Waals surface area (Å²) in [6.45, 7) is 4.13. The fourth-order valence-corrected chi connectivity index (χ4v) is 5.21. The summed E-state index contributed by atoms with van der Waals surface area (Å²) in [6, 6.07) is 0.987. The number of carbonyl (C=O) groups excluding carboxylic acids is 1. The Balaban J connectivity index is 1.55. The van der Waals surface area contributed by atoms with Gasteiger partial charge >= 0.3 is 11.6 Å². The molecule has 0 spiro atoms. The van der Waals surface area contributed by atoms with Gasteiger partial charge in [-0.05, 0) is 64.4 Å². The zero-order chi connectivity index (χ0) is 22.6. The van der Waals surface area contributed by atoms with Crippen LogP contribution in [0.15, 0.2) is 15.3 Å². The topological polar surface area (TPSA) is 106 Å². The lowest BCUT2D eigenvalue weighted by atomic mass is 9.91. The quantitative estimate of drug-likeness (QED) is 0.727. The number of nitrogens with zero attached hydrogens (tertiary/aromatic N) is 1. The average Bonchev–Trinajstić information content (AvgIpc) is 3.41. The number of carboxylic acid groups (broad SMARTS) is 1. The largest absolute Gasteiger partial charge is 0.487 e. The van der Waals surface area contributed by atoms with Crippen molar-refractivity contribution in [2.45, 2.75) is 70.4 Å². The molecule has 8 heteroatoms. The summed E-state index contributed by atoms with van der Waals surface area (Å²) in [7, 11) is 0. The number of ether oxygens (including phenoxy) is 2. The van der Waals surface area contributed by atoms with Crippen LogP contribution in [0.2, 0.25) is 0 Å². The van der Waals surface area contributed by atoms with Crippen molar-refractivity contribution in [3.63, 3.8) is 0 Å². The van der Waals surface area contributed by atoms with Gasteiger partial charge < -0.3 is 23.9 Å². The van der Waals surface area contributed by atoms with E-state index in [2.05, 4.69) is 0 Å². The molecule has 1 unspecified atom stereocenters. The Bertz CT molecular complexity index is 1180. The van der Waals surface area contributed by atoms with E-state index in [0.717, 1.165) is 35.8 Å². The van der Waals surface area contributed by atoms with Gasteiger partial charge in [-0.3, -0.25) is 4.79 Å². The van der Waals surface area contributed by atoms with E-state index in [9.17, 15) is 19.5 Å². The third-order valence-corrected chi connectivity index (χ3v) is 6.84. The second kappa shape index (κ2) is 7.53. The van der Waals surface area contributed by atoms with Gasteiger partial charge in [-0.15, -0.1) is 0 Å². The fraction of sp³-hybridized carbons (Fsp3) is 0.542. The van der Waals surface area contributed by atoms with Crippen LogP contribution in [0.3, 0.4) is 0 Å². The van der Waals surface area contributed by atoms with Crippen LogP contribution in [0.4, 0.5) is 0 Å². The minimum Gasteiger partial charge on any atom is -0.487 e. The summed E-state index contributed by atoms with van der Waals surface area (Å²) < 4.78 is 17.9. The molecular weight excluding hydrogens is 414 g/mol. The summed E-state index contributed by atoms with van der Waals surface area (Å²) >= 11 is 0. The second-order valence-electron chi connectivity index (χ2n) is 9.49. The van der Waals surface area contributed by atoms with Crippen molar-refractivity contribution in [3.05, 3.63) is 33.2 Å². The molecule has 1 amide bonds. The van der Waals surface area contributed by atoms with Crippen LogP contribution in [0.5, 0.6) is 11.5 Å². The van der Waals surface area contributed by atoms with Crippen LogP contribution in [0, 0.1) is 0 Å². The van der Waals surface area contributed by atoms with Crippen LogP contribution < -0.4 is 15.1 Å². The third kappa shape index (κ3) is 3.42. The third-order valence-electron chi connectivity index (χ3n) is 6.84. The fourth-order valence-electron chi connectivity index (χ4n) is 5.21. The van der Waals surface area contributed by atoms with Gasteiger partial charge in [0.05, 0.1) is 5.39 Å². The number of carboxylic acids is 1. The van der Waals surface area contributed by atoms with Crippen molar-refractivity contribution in [2.24, 2.45) is 0 Å². The number of rotatable bonds is 4. The smallest absolute Gasteiger partial charge is 0.339 e. The highest BCUT2D eigenvalue weighted by Crippen LogP contribution is 2.44. The van der Waals surface area contributed by atoms with Crippen LogP contribution in [-0.4, -0.2) is 46.7 Å². The number of likely N-dealkylation sites (tertiary alicyclic amines) is 1. The van der Waals surface area contributed by atoms with Crippen molar-refractivity contribution in [3.8, 4) is 11.5 Å². The first-order valence-corrected chi connectivity index (χ1v) is 11.2. The zero-order valence-electron chi connectivity index (χ0n) is 18.4. The van der Waals surface area contributed by atoms with E-state index >= 15 is 0 Å². The molecule has 5 rings (SSSR count). The average molecular weight is 441 g/mol. The number of aryl methyl sites for hydroxylation is 2. The molecule has 1 N–H and O–H groups in total. The Morgan fingerprint density at radius 2 is 1.97 bits per heavy atom. The molecule has 3 aliphatic rings. The van der Waals surface area contributed by atoms with E-state index in [0.29, 0.717) is 54.9 Å². The Kier molecular flexibility index (Phi) is 4.91. The second-order valence-corrected chi connectivity index (χ2v) is 9.49. The number of hydrogen-bond acceptors (Lipinski definition) is 6. The van der Waals surface area contributed by atoms with Gasteiger partial charge in [0.15, 0.2) is 6.61 Å². The van der Waals surface area contributed by atoms with Gasteiger partial charge in [-0.2, -0.15) is 0 Å². The van der Waals surface area contributed by atoms with Gasteiger partial charge in [0.25, 0.3) is 5.91 Å². The Hall–Kier alpha value is -3.03. The molecule has 1 fully saturated rings. The predicted molar refractivity (Wildman–Crippen MR) is 115 cm³/mol. The molecular formula is C24H27NO7. The molecule has 2 aliphatic heterocycles. The lowest BCUT2D eigenvalue weighted by Crippen LogP contribution is -2.42. The SMILES string of the molecule is CC1(C)CCc2c(cc(OCC(=O)N3CCCC3C(=O)O)c3c4c(c(=O)oc23)CCC4)O1. The maximum absolute atomic E-state index is 12.8. The standard InChI is InChI=1S/C24H27NO7/c1-24(2)9-8-15-17(32-24)11-18(20-13-5-3-6-14(13)23(29)31-21(15)20)30-12-19(26)25-10-4-7-16(25)22(27)28/h11,16H,3-10,12H2,1-2H3,(H,27,28). The number of aliphatic carboxylic acids is 1. The van der Waals surface area contributed by atoms with Crippen LogP contribution in [-0.2, 0) is 28.9 Å².